The molecule has 3 rings (SSSR count). The van der Waals surface area contributed by atoms with Crippen molar-refractivity contribution < 1.29 is 0 Å². The number of benzene rings is 1. The molecule has 2 atom stereocenters. The highest BCUT2D eigenvalue weighted by atomic mass is 32.2. The van der Waals surface area contributed by atoms with E-state index in [1.807, 2.05) is 24.0 Å². The molecule has 1 heterocycles. The lowest BCUT2D eigenvalue weighted by atomic mass is 10.1. The predicted molar refractivity (Wildman–Crippen MR) is 84.7 cm³/mol. The van der Waals surface area contributed by atoms with Crippen LogP contribution in [0.2, 0.25) is 0 Å². The maximum Gasteiger partial charge on any atom is 0.0630 e. The lowest BCUT2D eigenvalue weighted by Crippen LogP contribution is -2.17. The van der Waals surface area contributed by atoms with Gasteiger partial charge in [-0.05, 0) is 37.7 Å². The minimum absolute atomic E-state index is 0.555. The highest BCUT2D eigenvalue weighted by molar-refractivity contribution is 7.99. The minimum Gasteiger partial charge on any atom is -0.397 e. The zero-order valence-electron chi connectivity index (χ0n) is 11.1. The van der Waals surface area contributed by atoms with E-state index < -0.39 is 0 Å². The number of thioether (sulfide) groups is 1. The number of hydrogen-bond donors (Lipinski definition) is 2. The molecule has 2 unspecified atom stereocenters. The molecular weight excluding hydrogens is 254 g/mol. The molecule has 4 heteroatoms. The van der Waals surface area contributed by atoms with Crippen molar-refractivity contribution in [1.82, 2.24) is 4.98 Å². The molecule has 3 N–H and O–H groups in total. The van der Waals surface area contributed by atoms with Crippen LogP contribution in [0.3, 0.4) is 0 Å². The fraction of sp³-hybridized carbons (Fsp3) is 0.400. The quantitative estimate of drug-likeness (QED) is 0.840. The van der Waals surface area contributed by atoms with Gasteiger partial charge in [-0.1, -0.05) is 6.07 Å². The van der Waals surface area contributed by atoms with Crippen molar-refractivity contribution >= 4 is 33.9 Å². The first-order valence-electron chi connectivity index (χ1n) is 6.69. The molecule has 0 amide bonds. The van der Waals surface area contributed by atoms with Gasteiger partial charge in [-0.25, -0.2) is 0 Å². The van der Waals surface area contributed by atoms with E-state index >= 15 is 0 Å². The van der Waals surface area contributed by atoms with Gasteiger partial charge in [0.2, 0.25) is 0 Å². The van der Waals surface area contributed by atoms with Crippen molar-refractivity contribution in [2.75, 3.05) is 17.3 Å². The molecule has 1 aliphatic carbocycles. The molecule has 0 radical (unpaired) electrons. The molecule has 1 aromatic carbocycles. The summed E-state index contributed by atoms with van der Waals surface area (Å²) in [7, 11) is 0. The second-order valence-corrected chi connectivity index (χ2v) is 6.27. The van der Waals surface area contributed by atoms with Crippen molar-refractivity contribution in [2.45, 2.75) is 30.6 Å². The van der Waals surface area contributed by atoms with Crippen molar-refractivity contribution in [1.29, 1.82) is 0 Å². The number of rotatable bonds is 3. The molecule has 1 fully saturated rings. The third-order valence-corrected chi connectivity index (χ3v) is 5.03. The van der Waals surface area contributed by atoms with Gasteiger partial charge in [0.05, 0.1) is 11.4 Å². The molecule has 3 nitrogen and oxygen atoms in total. The summed E-state index contributed by atoms with van der Waals surface area (Å²) >= 11 is 1.97. The Morgan fingerprint density at radius 2 is 2.21 bits per heavy atom. The van der Waals surface area contributed by atoms with E-state index in [0.29, 0.717) is 6.04 Å². The van der Waals surface area contributed by atoms with E-state index in [2.05, 4.69) is 28.7 Å². The number of hydrogen-bond acceptors (Lipinski definition) is 4. The number of pyridine rings is 1. The number of nitrogens with one attached hydrogen (secondary N) is 1. The lowest BCUT2D eigenvalue weighted by Gasteiger charge is -2.17. The van der Waals surface area contributed by atoms with Crippen LogP contribution in [-0.2, 0) is 0 Å². The van der Waals surface area contributed by atoms with Gasteiger partial charge in [0, 0.05) is 34.5 Å². The number of fused-ring (bicyclic) bond motifs is 1. The number of anilines is 2. The number of aromatic nitrogens is 1. The Kier molecular flexibility index (Phi) is 3.51. The third kappa shape index (κ3) is 2.50. The van der Waals surface area contributed by atoms with E-state index in [4.69, 9.17) is 5.73 Å². The van der Waals surface area contributed by atoms with Crippen LogP contribution in [0.1, 0.15) is 19.3 Å². The molecular formula is C15H19N3S. The highest BCUT2D eigenvalue weighted by Gasteiger charge is 2.24. The Hall–Kier alpha value is -1.42. The summed E-state index contributed by atoms with van der Waals surface area (Å²) < 4.78 is 0. The summed E-state index contributed by atoms with van der Waals surface area (Å²) in [6.07, 6.45) is 9.62. The van der Waals surface area contributed by atoms with Crippen LogP contribution >= 0.6 is 11.8 Å². The standard InChI is InChI=1S/C15H19N3S/c1-19-12-4-3-11(8-12)18-14-5-2-10-9-17-7-6-13(10)15(14)16/h2,5-7,9,11-12,18H,3-4,8,16H2,1H3. The van der Waals surface area contributed by atoms with E-state index in [1.165, 1.54) is 19.3 Å². The first-order valence-corrected chi connectivity index (χ1v) is 7.98. The summed E-state index contributed by atoms with van der Waals surface area (Å²) in [5.74, 6) is 0. The van der Waals surface area contributed by atoms with Gasteiger partial charge in [0.15, 0.2) is 0 Å². The summed E-state index contributed by atoms with van der Waals surface area (Å²) in [6.45, 7) is 0. The molecule has 1 saturated carbocycles. The molecule has 100 valence electrons. The van der Waals surface area contributed by atoms with E-state index in [1.54, 1.807) is 6.20 Å². The van der Waals surface area contributed by atoms with Crippen molar-refractivity contribution in [3.05, 3.63) is 30.6 Å². The van der Waals surface area contributed by atoms with Crippen LogP contribution < -0.4 is 11.1 Å². The second-order valence-electron chi connectivity index (χ2n) is 5.14. The first kappa shape index (κ1) is 12.6. The van der Waals surface area contributed by atoms with Crippen molar-refractivity contribution in [2.24, 2.45) is 0 Å². The summed E-state index contributed by atoms with van der Waals surface area (Å²) in [5.41, 5.74) is 8.17. The van der Waals surface area contributed by atoms with Crippen molar-refractivity contribution in [3.63, 3.8) is 0 Å². The predicted octanol–water partition coefficient (Wildman–Crippen LogP) is 3.51. The van der Waals surface area contributed by atoms with Crippen LogP contribution in [0.15, 0.2) is 30.6 Å². The minimum atomic E-state index is 0.555. The SMILES string of the molecule is CSC1CCC(Nc2ccc3cnccc3c2N)C1. The van der Waals surface area contributed by atoms with E-state index in [9.17, 15) is 0 Å². The molecule has 2 aromatic rings. The van der Waals surface area contributed by atoms with E-state index in [-0.39, 0.29) is 0 Å². The lowest BCUT2D eigenvalue weighted by molar-refractivity contribution is 0.758. The van der Waals surface area contributed by atoms with Gasteiger partial charge in [0.1, 0.15) is 0 Å². The smallest absolute Gasteiger partial charge is 0.0630 e. The summed E-state index contributed by atoms with van der Waals surface area (Å²) in [4.78, 5) is 4.13. The largest absolute Gasteiger partial charge is 0.397 e. The average molecular weight is 273 g/mol. The van der Waals surface area contributed by atoms with E-state index in [0.717, 1.165) is 27.4 Å². The molecule has 0 aliphatic heterocycles. The maximum atomic E-state index is 6.27. The average Bonchev–Trinajstić information content (AvgIpc) is 2.90. The zero-order valence-corrected chi connectivity index (χ0v) is 11.9. The zero-order chi connectivity index (χ0) is 13.2. The third-order valence-electron chi connectivity index (χ3n) is 3.94. The Bertz CT molecular complexity index is 585. The number of nitrogens with zero attached hydrogens (tertiary/aromatic N) is 1. The van der Waals surface area contributed by atoms with Crippen LogP contribution in [0.4, 0.5) is 11.4 Å². The van der Waals surface area contributed by atoms with Crippen LogP contribution in [-0.4, -0.2) is 22.5 Å². The van der Waals surface area contributed by atoms with Gasteiger partial charge >= 0.3 is 0 Å². The fourth-order valence-electron chi connectivity index (χ4n) is 2.82. The van der Waals surface area contributed by atoms with Gasteiger partial charge in [-0.2, -0.15) is 11.8 Å². The Balaban J connectivity index is 1.84. The summed E-state index contributed by atoms with van der Waals surface area (Å²) in [6, 6.07) is 6.70. The number of nitrogen functional groups attached to an aromatic ring is 1. The van der Waals surface area contributed by atoms with Gasteiger partial charge < -0.3 is 11.1 Å². The highest BCUT2D eigenvalue weighted by Crippen LogP contribution is 2.33. The van der Waals surface area contributed by atoms with Crippen LogP contribution in [0, 0.1) is 0 Å². The maximum absolute atomic E-state index is 6.27. The van der Waals surface area contributed by atoms with Crippen molar-refractivity contribution in [3.8, 4) is 0 Å². The molecule has 1 aromatic heterocycles. The molecule has 0 saturated heterocycles. The van der Waals surface area contributed by atoms with Crippen LogP contribution in [0.5, 0.6) is 0 Å². The molecule has 1 aliphatic rings. The van der Waals surface area contributed by atoms with Crippen LogP contribution in [0.25, 0.3) is 10.8 Å². The van der Waals surface area contributed by atoms with Gasteiger partial charge in [0.25, 0.3) is 0 Å². The molecule has 19 heavy (non-hydrogen) atoms. The second kappa shape index (κ2) is 5.29. The Morgan fingerprint density at radius 3 is 3.00 bits per heavy atom. The number of nitrogens with two attached hydrogens (primary N) is 1. The topological polar surface area (TPSA) is 50.9 Å². The Morgan fingerprint density at radius 1 is 1.32 bits per heavy atom. The normalized spacial score (nSPS) is 22.8. The van der Waals surface area contributed by atoms with Gasteiger partial charge in [-0.15, -0.1) is 0 Å². The molecule has 0 bridgehead atoms. The Labute approximate surface area is 118 Å². The summed E-state index contributed by atoms with van der Waals surface area (Å²) in [5, 5.41) is 6.58. The monoisotopic (exact) mass is 273 g/mol. The van der Waals surface area contributed by atoms with Gasteiger partial charge in [-0.3, -0.25) is 4.98 Å². The fourth-order valence-corrected chi connectivity index (χ4v) is 3.62. The first-order chi connectivity index (χ1) is 9.28. The molecule has 0 spiro atoms.